The maximum Gasteiger partial charge on any atom is 0.534 e. The van der Waals surface area contributed by atoms with Crippen LogP contribution < -0.4 is 4.18 Å². The molecule has 0 aliphatic rings. The molecule has 3 nitrogen and oxygen atoms in total. The van der Waals surface area contributed by atoms with E-state index in [1.165, 1.54) is 18.2 Å². The Labute approximate surface area is 120 Å². The Morgan fingerprint density at radius 3 is 2.10 bits per heavy atom. The molecular weight excluding hydrogens is 305 g/mol. The molecule has 0 saturated heterocycles. The predicted molar refractivity (Wildman–Crippen MR) is 72.2 cm³/mol. The zero-order chi connectivity index (χ0) is 15.7. The number of aryl methyl sites for hydroxylation is 1. The molecule has 21 heavy (non-hydrogen) atoms. The van der Waals surface area contributed by atoms with Crippen molar-refractivity contribution in [2.45, 2.75) is 12.4 Å². The smallest absolute Gasteiger partial charge is 0.375 e. The van der Waals surface area contributed by atoms with Crippen molar-refractivity contribution in [2.75, 3.05) is 0 Å². The molecule has 0 aromatic heterocycles. The van der Waals surface area contributed by atoms with E-state index in [0.717, 1.165) is 5.56 Å². The van der Waals surface area contributed by atoms with Crippen molar-refractivity contribution in [1.29, 1.82) is 0 Å². The minimum Gasteiger partial charge on any atom is -0.375 e. The first-order valence-corrected chi connectivity index (χ1v) is 7.28. The summed E-state index contributed by atoms with van der Waals surface area (Å²) in [4.78, 5) is 0. The van der Waals surface area contributed by atoms with Crippen molar-refractivity contribution >= 4 is 10.1 Å². The molecule has 0 heterocycles. The number of rotatable bonds is 3. The SMILES string of the molecule is Cc1ccc(-c2ccccc2OS(=O)(=O)C(F)(F)F)cc1. The van der Waals surface area contributed by atoms with E-state index >= 15 is 0 Å². The van der Waals surface area contributed by atoms with E-state index in [0.29, 0.717) is 5.56 Å². The number of halogens is 3. The summed E-state index contributed by atoms with van der Waals surface area (Å²) in [5, 5.41) is 0. The van der Waals surface area contributed by atoms with Crippen LogP contribution in [0.1, 0.15) is 5.56 Å². The molecule has 0 amide bonds. The van der Waals surface area contributed by atoms with Crippen LogP contribution in [-0.4, -0.2) is 13.9 Å². The fourth-order valence-corrected chi connectivity index (χ4v) is 2.15. The first kappa shape index (κ1) is 15.4. The van der Waals surface area contributed by atoms with Gasteiger partial charge in [0.25, 0.3) is 0 Å². The normalized spacial score (nSPS) is 12.2. The summed E-state index contributed by atoms with van der Waals surface area (Å²) < 4.78 is 63.6. The second kappa shape index (κ2) is 5.40. The summed E-state index contributed by atoms with van der Waals surface area (Å²) in [5.74, 6) is -0.362. The minimum atomic E-state index is -5.69. The van der Waals surface area contributed by atoms with Gasteiger partial charge < -0.3 is 4.18 Å². The van der Waals surface area contributed by atoms with Gasteiger partial charge in [-0.05, 0) is 18.6 Å². The number of benzene rings is 2. The first-order chi connectivity index (χ1) is 9.71. The molecule has 0 unspecified atom stereocenters. The van der Waals surface area contributed by atoms with Gasteiger partial charge in [0, 0.05) is 5.56 Å². The maximum absolute atomic E-state index is 12.4. The van der Waals surface area contributed by atoms with E-state index in [1.807, 2.05) is 6.92 Å². The van der Waals surface area contributed by atoms with Crippen LogP contribution in [0.3, 0.4) is 0 Å². The van der Waals surface area contributed by atoms with E-state index in [-0.39, 0.29) is 11.3 Å². The van der Waals surface area contributed by atoms with E-state index in [2.05, 4.69) is 4.18 Å². The van der Waals surface area contributed by atoms with Crippen molar-refractivity contribution in [3.63, 3.8) is 0 Å². The van der Waals surface area contributed by atoms with Crippen molar-refractivity contribution < 1.29 is 25.8 Å². The molecule has 0 N–H and O–H groups in total. The van der Waals surface area contributed by atoms with Gasteiger partial charge in [0.2, 0.25) is 0 Å². The van der Waals surface area contributed by atoms with Gasteiger partial charge in [0.05, 0.1) is 0 Å². The topological polar surface area (TPSA) is 43.4 Å². The van der Waals surface area contributed by atoms with Crippen LogP contribution in [0, 0.1) is 6.92 Å². The Bertz CT molecular complexity index is 735. The molecule has 0 radical (unpaired) electrons. The van der Waals surface area contributed by atoms with E-state index in [9.17, 15) is 21.6 Å². The molecule has 112 valence electrons. The number of para-hydroxylation sites is 1. The highest BCUT2D eigenvalue weighted by Gasteiger charge is 2.48. The van der Waals surface area contributed by atoms with Gasteiger partial charge in [-0.15, -0.1) is 0 Å². The highest BCUT2D eigenvalue weighted by molar-refractivity contribution is 7.88. The van der Waals surface area contributed by atoms with Gasteiger partial charge in [-0.1, -0.05) is 48.0 Å². The molecule has 0 saturated carbocycles. The van der Waals surface area contributed by atoms with E-state index in [4.69, 9.17) is 0 Å². The molecule has 7 heteroatoms. The largest absolute Gasteiger partial charge is 0.534 e. The second-order valence-electron chi connectivity index (χ2n) is 4.35. The third-order valence-electron chi connectivity index (χ3n) is 2.73. The monoisotopic (exact) mass is 316 g/mol. The van der Waals surface area contributed by atoms with Crippen molar-refractivity contribution in [1.82, 2.24) is 0 Å². The van der Waals surface area contributed by atoms with Crippen molar-refractivity contribution in [3.8, 4) is 16.9 Å². The van der Waals surface area contributed by atoms with Gasteiger partial charge in [0.15, 0.2) is 5.75 Å². The standard InChI is InChI=1S/C14H11F3O3S/c1-10-6-8-11(9-7-10)12-4-2-3-5-13(12)20-21(18,19)14(15,16)17/h2-9H,1H3. The second-order valence-corrected chi connectivity index (χ2v) is 5.88. The molecule has 0 atom stereocenters. The Balaban J connectivity index is 2.45. The molecule has 2 rings (SSSR count). The lowest BCUT2D eigenvalue weighted by Crippen LogP contribution is -2.28. The zero-order valence-electron chi connectivity index (χ0n) is 10.9. The van der Waals surface area contributed by atoms with Crippen LogP contribution >= 0.6 is 0 Å². The van der Waals surface area contributed by atoms with Crippen LogP contribution in [-0.2, 0) is 10.1 Å². The molecule has 0 aliphatic heterocycles. The van der Waals surface area contributed by atoms with Gasteiger partial charge in [-0.2, -0.15) is 21.6 Å². The average Bonchev–Trinajstić information content (AvgIpc) is 2.39. The Morgan fingerprint density at radius 1 is 0.952 bits per heavy atom. The maximum atomic E-state index is 12.4. The molecule has 0 spiro atoms. The molecule has 2 aromatic rings. The van der Waals surface area contributed by atoms with Gasteiger partial charge in [-0.25, -0.2) is 0 Å². The molecule has 0 bridgehead atoms. The fraction of sp³-hybridized carbons (Fsp3) is 0.143. The van der Waals surface area contributed by atoms with E-state index in [1.54, 1.807) is 30.3 Å². The third-order valence-corrected chi connectivity index (χ3v) is 3.70. The highest BCUT2D eigenvalue weighted by atomic mass is 32.2. The van der Waals surface area contributed by atoms with Gasteiger partial charge >= 0.3 is 15.6 Å². The van der Waals surface area contributed by atoms with E-state index < -0.39 is 15.6 Å². The lowest BCUT2D eigenvalue weighted by atomic mass is 10.0. The highest BCUT2D eigenvalue weighted by Crippen LogP contribution is 2.34. The van der Waals surface area contributed by atoms with Crippen molar-refractivity contribution in [2.24, 2.45) is 0 Å². The molecular formula is C14H11F3O3S. The average molecular weight is 316 g/mol. The number of alkyl halides is 3. The van der Waals surface area contributed by atoms with Crippen LogP contribution in [0.5, 0.6) is 5.75 Å². The van der Waals surface area contributed by atoms with Crippen molar-refractivity contribution in [3.05, 3.63) is 54.1 Å². The predicted octanol–water partition coefficient (Wildman–Crippen LogP) is 3.89. The summed E-state index contributed by atoms with van der Waals surface area (Å²) in [5.41, 5.74) is -3.66. The minimum absolute atomic E-state index is 0.269. The van der Waals surface area contributed by atoms with Crippen LogP contribution in [0.4, 0.5) is 13.2 Å². The third kappa shape index (κ3) is 3.36. The Kier molecular flexibility index (Phi) is 3.95. The van der Waals surface area contributed by atoms with Crippen LogP contribution in [0.15, 0.2) is 48.5 Å². The summed E-state index contributed by atoms with van der Waals surface area (Å²) >= 11 is 0. The number of hydrogen-bond donors (Lipinski definition) is 0. The Hall–Kier alpha value is -2.02. The summed E-state index contributed by atoms with van der Waals surface area (Å²) in [6, 6.07) is 12.6. The summed E-state index contributed by atoms with van der Waals surface area (Å²) in [7, 11) is -5.69. The molecule has 0 fully saturated rings. The quantitative estimate of drug-likeness (QED) is 0.637. The van der Waals surface area contributed by atoms with Crippen LogP contribution in [0.25, 0.3) is 11.1 Å². The van der Waals surface area contributed by atoms with Crippen LogP contribution in [0.2, 0.25) is 0 Å². The number of hydrogen-bond acceptors (Lipinski definition) is 3. The molecule has 0 aliphatic carbocycles. The summed E-state index contributed by atoms with van der Waals surface area (Å²) in [6.45, 7) is 1.86. The lowest BCUT2D eigenvalue weighted by Gasteiger charge is -2.13. The molecule has 2 aromatic carbocycles. The zero-order valence-corrected chi connectivity index (χ0v) is 11.7. The Morgan fingerprint density at radius 2 is 1.52 bits per heavy atom. The first-order valence-electron chi connectivity index (χ1n) is 5.87. The lowest BCUT2D eigenvalue weighted by molar-refractivity contribution is -0.0499. The summed E-state index contributed by atoms with van der Waals surface area (Å²) in [6.07, 6.45) is 0. The van der Waals surface area contributed by atoms with Gasteiger partial charge in [-0.3, -0.25) is 0 Å². The fourth-order valence-electron chi connectivity index (χ4n) is 1.68. The van der Waals surface area contributed by atoms with Gasteiger partial charge in [0.1, 0.15) is 0 Å².